The maximum atomic E-state index is 13.2. The van der Waals surface area contributed by atoms with Gasteiger partial charge in [0.25, 0.3) is 0 Å². The van der Waals surface area contributed by atoms with Gasteiger partial charge in [-0.1, -0.05) is 0 Å². The van der Waals surface area contributed by atoms with Gasteiger partial charge in [-0.3, -0.25) is 15.2 Å². The van der Waals surface area contributed by atoms with Crippen LogP contribution in [0.1, 0.15) is 52.4 Å². The molecule has 1 saturated carbocycles. The Morgan fingerprint density at radius 2 is 2.00 bits per heavy atom. The lowest BCUT2D eigenvalue weighted by Crippen LogP contribution is -2.23. The van der Waals surface area contributed by atoms with Gasteiger partial charge in [0.1, 0.15) is 5.75 Å². The molecule has 0 bridgehead atoms. The molecular formula is C24H25F3N4O2. The minimum atomic E-state index is -4.87. The van der Waals surface area contributed by atoms with Crippen molar-refractivity contribution in [1.82, 2.24) is 14.1 Å². The maximum Gasteiger partial charge on any atom is 0.573 e. The molecule has 3 aromatic rings. The fraction of sp³-hybridized carbons (Fsp3) is 0.375. The Kier molecular flexibility index (Phi) is 6.14. The number of pyridine rings is 1. The Balaban J connectivity index is 1.64. The number of ketones is 1. The lowest BCUT2D eigenvalue weighted by atomic mass is 9.90. The Labute approximate surface area is 189 Å². The van der Waals surface area contributed by atoms with Gasteiger partial charge in [-0.05, 0) is 67.1 Å². The van der Waals surface area contributed by atoms with Crippen molar-refractivity contribution in [2.24, 2.45) is 13.0 Å². The fourth-order valence-corrected chi connectivity index (χ4v) is 4.05. The number of aromatic nitrogens is 3. The lowest BCUT2D eigenvalue weighted by Gasteiger charge is -2.17. The first-order valence-corrected chi connectivity index (χ1v) is 10.7. The predicted octanol–water partition coefficient (Wildman–Crippen LogP) is 4.72. The Bertz CT molecular complexity index is 1220. The second-order valence-corrected chi connectivity index (χ2v) is 8.60. The summed E-state index contributed by atoms with van der Waals surface area (Å²) in [5, 5.41) is 8.06. The number of nitrogens with one attached hydrogen (secondary N) is 1. The summed E-state index contributed by atoms with van der Waals surface area (Å²) in [5.41, 5.74) is 2.68. The molecule has 0 aliphatic heterocycles. The zero-order valence-electron chi connectivity index (χ0n) is 18.4. The Morgan fingerprint density at radius 3 is 2.61 bits per heavy atom. The van der Waals surface area contributed by atoms with Gasteiger partial charge in [0, 0.05) is 49.2 Å². The van der Waals surface area contributed by atoms with Crippen molar-refractivity contribution in [1.29, 1.82) is 5.41 Å². The van der Waals surface area contributed by atoms with Crippen LogP contribution in [0.3, 0.4) is 0 Å². The summed E-state index contributed by atoms with van der Waals surface area (Å²) < 4.78 is 46.1. The molecule has 174 valence electrons. The number of Topliss-reactive ketones (excluding diaryl/α,β-unsaturated/α-hetero) is 1. The van der Waals surface area contributed by atoms with E-state index in [1.54, 1.807) is 40.8 Å². The van der Waals surface area contributed by atoms with Gasteiger partial charge in [0.05, 0.1) is 6.54 Å². The number of halogens is 3. The van der Waals surface area contributed by atoms with Gasteiger partial charge in [0.2, 0.25) is 5.62 Å². The molecule has 1 aliphatic rings. The third-order valence-electron chi connectivity index (χ3n) is 5.86. The van der Waals surface area contributed by atoms with E-state index in [4.69, 9.17) is 5.41 Å². The van der Waals surface area contributed by atoms with Crippen molar-refractivity contribution in [2.45, 2.75) is 45.0 Å². The highest BCUT2D eigenvalue weighted by molar-refractivity contribution is 5.97. The first-order chi connectivity index (χ1) is 15.6. The monoisotopic (exact) mass is 458 g/mol. The second kappa shape index (κ2) is 8.88. The van der Waals surface area contributed by atoms with Crippen LogP contribution in [0, 0.1) is 18.3 Å². The molecule has 0 unspecified atom stereocenters. The SMILES string of the molecule is Cc1ccnc([C@@H](CC(=O)c2cc(Cn3ccn(C)c3=N)cc(OC(F)(F)F)c2)C2CC2)c1. The molecule has 1 atom stereocenters. The number of benzene rings is 1. The number of nitrogens with zero attached hydrogens (tertiary/aromatic N) is 3. The van der Waals surface area contributed by atoms with Crippen LogP contribution in [0.25, 0.3) is 0 Å². The van der Waals surface area contributed by atoms with Gasteiger partial charge in [-0.15, -0.1) is 13.2 Å². The van der Waals surface area contributed by atoms with Gasteiger partial charge in [-0.25, -0.2) is 0 Å². The standard InChI is InChI=1S/C24H25F3N4O2/c1-15-5-6-29-21(9-15)20(17-3-4-17)13-22(32)18-10-16(11-19(12-18)33-24(25,26)27)14-31-8-7-30(2)23(31)28/h5-12,17,20,28H,3-4,13-14H2,1-2H3/t20-/m0/s1. The second-order valence-electron chi connectivity index (χ2n) is 8.60. The molecule has 33 heavy (non-hydrogen) atoms. The van der Waals surface area contributed by atoms with E-state index in [0.717, 1.165) is 30.2 Å². The first kappa shape index (κ1) is 22.8. The van der Waals surface area contributed by atoms with Crippen molar-refractivity contribution in [2.75, 3.05) is 0 Å². The molecule has 1 aromatic carbocycles. The number of ether oxygens (including phenoxy) is 1. The summed E-state index contributed by atoms with van der Waals surface area (Å²) in [6.45, 7) is 2.10. The maximum absolute atomic E-state index is 13.2. The molecule has 1 aliphatic carbocycles. The van der Waals surface area contributed by atoms with Crippen LogP contribution in [0.5, 0.6) is 5.75 Å². The average molecular weight is 458 g/mol. The molecular weight excluding hydrogens is 433 g/mol. The van der Waals surface area contributed by atoms with Crippen LogP contribution in [-0.2, 0) is 13.6 Å². The summed E-state index contributed by atoms with van der Waals surface area (Å²) in [6.07, 6.45) is 2.36. The molecule has 2 heterocycles. The minimum Gasteiger partial charge on any atom is -0.406 e. The Hall–Kier alpha value is -3.36. The topological polar surface area (TPSA) is 72.9 Å². The third-order valence-corrected chi connectivity index (χ3v) is 5.86. The van der Waals surface area contributed by atoms with Gasteiger partial charge < -0.3 is 13.9 Å². The summed E-state index contributed by atoms with van der Waals surface area (Å²) in [7, 11) is 1.70. The smallest absolute Gasteiger partial charge is 0.406 e. The molecule has 6 nitrogen and oxygen atoms in total. The average Bonchev–Trinajstić information content (AvgIpc) is 3.53. The summed E-state index contributed by atoms with van der Waals surface area (Å²) >= 11 is 0. The predicted molar refractivity (Wildman–Crippen MR) is 115 cm³/mol. The first-order valence-electron chi connectivity index (χ1n) is 10.7. The van der Waals surface area contributed by atoms with Crippen molar-refractivity contribution in [3.05, 3.63) is 76.9 Å². The highest BCUT2D eigenvalue weighted by Crippen LogP contribution is 2.44. The minimum absolute atomic E-state index is 0.0728. The van der Waals surface area contributed by atoms with Crippen molar-refractivity contribution in [3.63, 3.8) is 0 Å². The number of hydrogen-bond acceptors (Lipinski definition) is 4. The molecule has 0 amide bonds. The van der Waals surface area contributed by atoms with Crippen LogP contribution >= 0.6 is 0 Å². The number of hydrogen-bond donors (Lipinski definition) is 1. The molecule has 0 saturated heterocycles. The summed E-state index contributed by atoms with van der Waals surface area (Å²) in [6, 6.07) is 7.83. The summed E-state index contributed by atoms with van der Waals surface area (Å²) in [4.78, 5) is 17.7. The van der Waals surface area contributed by atoms with Crippen LogP contribution in [0.2, 0.25) is 0 Å². The quantitative estimate of drug-likeness (QED) is 0.497. The van der Waals surface area contributed by atoms with Gasteiger partial charge in [0.15, 0.2) is 5.78 Å². The van der Waals surface area contributed by atoms with Crippen LogP contribution < -0.4 is 10.4 Å². The van der Waals surface area contributed by atoms with Gasteiger partial charge >= 0.3 is 6.36 Å². The molecule has 2 aromatic heterocycles. The van der Waals surface area contributed by atoms with Gasteiger partial charge in [-0.2, -0.15) is 0 Å². The number of rotatable bonds is 8. The third kappa shape index (κ3) is 5.71. The van der Waals surface area contributed by atoms with E-state index in [1.807, 2.05) is 19.1 Å². The zero-order valence-corrected chi connectivity index (χ0v) is 18.4. The number of carbonyl (C=O) groups excluding carboxylic acids is 1. The zero-order chi connectivity index (χ0) is 23.8. The number of alkyl halides is 3. The fourth-order valence-electron chi connectivity index (χ4n) is 4.05. The van der Waals surface area contributed by atoms with Crippen molar-refractivity contribution >= 4 is 5.78 Å². The molecule has 0 radical (unpaired) electrons. The van der Waals surface area contributed by atoms with Crippen LogP contribution in [0.15, 0.2) is 48.9 Å². The molecule has 1 fully saturated rings. The van der Waals surface area contributed by atoms with E-state index < -0.39 is 12.1 Å². The number of aryl methyl sites for hydroxylation is 2. The van der Waals surface area contributed by atoms with E-state index in [-0.39, 0.29) is 35.8 Å². The molecule has 1 N–H and O–H groups in total. The highest BCUT2D eigenvalue weighted by Gasteiger charge is 2.35. The highest BCUT2D eigenvalue weighted by atomic mass is 19.4. The largest absolute Gasteiger partial charge is 0.573 e. The van der Waals surface area contributed by atoms with E-state index in [2.05, 4.69) is 9.72 Å². The van der Waals surface area contributed by atoms with Crippen LogP contribution in [-0.4, -0.2) is 26.3 Å². The van der Waals surface area contributed by atoms with E-state index in [9.17, 15) is 18.0 Å². The molecule has 0 spiro atoms. The van der Waals surface area contributed by atoms with E-state index >= 15 is 0 Å². The van der Waals surface area contributed by atoms with E-state index in [1.165, 1.54) is 6.07 Å². The molecule has 4 rings (SSSR count). The van der Waals surface area contributed by atoms with Crippen molar-refractivity contribution in [3.8, 4) is 5.75 Å². The van der Waals surface area contributed by atoms with Crippen LogP contribution in [0.4, 0.5) is 13.2 Å². The number of carbonyl (C=O) groups is 1. The molecule has 9 heteroatoms. The lowest BCUT2D eigenvalue weighted by molar-refractivity contribution is -0.274. The Morgan fingerprint density at radius 1 is 1.24 bits per heavy atom. The van der Waals surface area contributed by atoms with E-state index in [0.29, 0.717) is 11.5 Å². The normalized spacial score (nSPS) is 14.8. The summed E-state index contributed by atoms with van der Waals surface area (Å²) in [5.74, 6) is -0.421. The van der Waals surface area contributed by atoms with Crippen molar-refractivity contribution < 1.29 is 22.7 Å². The number of imidazole rings is 1.